The summed E-state index contributed by atoms with van der Waals surface area (Å²) >= 11 is 9.10. The van der Waals surface area contributed by atoms with Gasteiger partial charge in [-0.2, -0.15) is 0 Å². The number of rotatable bonds is 3. The highest BCUT2D eigenvalue weighted by molar-refractivity contribution is 9.09. The van der Waals surface area contributed by atoms with Crippen LogP contribution in [0.25, 0.3) is 0 Å². The molecule has 1 atom stereocenters. The molecular formula is C12H14BrClO. The molecule has 82 valence electrons. The summed E-state index contributed by atoms with van der Waals surface area (Å²) in [5.41, 5.74) is 1.48. The molecule has 1 fully saturated rings. The fourth-order valence-corrected chi connectivity index (χ4v) is 3.09. The lowest BCUT2D eigenvalue weighted by molar-refractivity contribution is 0.152. The molecule has 1 aromatic carbocycles. The van der Waals surface area contributed by atoms with Crippen LogP contribution in [0.3, 0.4) is 0 Å². The van der Waals surface area contributed by atoms with E-state index in [-0.39, 0.29) is 5.41 Å². The molecule has 1 N–H and O–H groups in total. The summed E-state index contributed by atoms with van der Waals surface area (Å²) in [5, 5.41) is 9.82. The molecule has 1 aliphatic carbocycles. The number of hydrogen-bond acceptors (Lipinski definition) is 1. The van der Waals surface area contributed by atoms with Crippen LogP contribution in [0, 0.1) is 0 Å². The maximum absolute atomic E-state index is 9.46. The van der Waals surface area contributed by atoms with Gasteiger partial charge in [0.25, 0.3) is 0 Å². The van der Waals surface area contributed by atoms with Crippen molar-refractivity contribution in [2.75, 3.05) is 0 Å². The quantitative estimate of drug-likeness (QED) is 0.838. The molecule has 0 spiro atoms. The molecule has 0 aromatic heterocycles. The predicted molar refractivity (Wildman–Crippen MR) is 66.5 cm³/mol. The van der Waals surface area contributed by atoms with Crippen molar-refractivity contribution in [3.63, 3.8) is 0 Å². The summed E-state index contributed by atoms with van der Waals surface area (Å²) in [4.78, 5) is 0. The molecule has 0 radical (unpaired) electrons. The molecule has 0 aliphatic heterocycles. The molecule has 15 heavy (non-hydrogen) atoms. The van der Waals surface area contributed by atoms with E-state index in [4.69, 9.17) is 11.6 Å². The second-order valence-corrected chi connectivity index (χ2v) is 5.77. The molecule has 2 rings (SSSR count). The van der Waals surface area contributed by atoms with Gasteiger partial charge in [0.1, 0.15) is 5.01 Å². The van der Waals surface area contributed by atoms with Crippen molar-refractivity contribution in [3.8, 4) is 0 Å². The van der Waals surface area contributed by atoms with Crippen LogP contribution in [0.4, 0.5) is 0 Å². The van der Waals surface area contributed by atoms with Crippen molar-refractivity contribution >= 4 is 27.5 Å². The Morgan fingerprint density at radius 1 is 1.33 bits per heavy atom. The zero-order valence-electron chi connectivity index (χ0n) is 8.42. The van der Waals surface area contributed by atoms with Gasteiger partial charge < -0.3 is 5.11 Å². The van der Waals surface area contributed by atoms with Gasteiger partial charge in [0.15, 0.2) is 0 Å². The van der Waals surface area contributed by atoms with E-state index in [9.17, 15) is 5.11 Å². The van der Waals surface area contributed by atoms with Gasteiger partial charge in [-0.25, -0.2) is 0 Å². The fourth-order valence-electron chi connectivity index (χ4n) is 2.34. The molecule has 0 amide bonds. The minimum absolute atomic E-state index is 0.174. The fraction of sp³-hybridized carbons (Fsp3) is 0.500. The first kappa shape index (κ1) is 11.4. The van der Waals surface area contributed by atoms with E-state index in [0.717, 1.165) is 24.3 Å². The average Bonchev–Trinajstić information content (AvgIpc) is 2.13. The molecule has 1 aliphatic rings. The first-order chi connectivity index (χ1) is 7.12. The molecule has 0 unspecified atom stereocenters. The zero-order valence-corrected chi connectivity index (χ0v) is 10.8. The predicted octanol–water partition coefficient (Wildman–Crippen LogP) is 3.87. The van der Waals surface area contributed by atoms with Crippen LogP contribution in [0.2, 0.25) is 5.02 Å². The standard InChI is InChI=1S/C12H14BrClO/c13-11(15)8-12(6-1-7-12)9-2-4-10(14)5-3-9/h2-5,11,15H,1,6-8H2/t11-/m0/s1. The molecule has 1 saturated carbocycles. The van der Waals surface area contributed by atoms with Gasteiger partial charge in [-0.1, -0.05) is 46.1 Å². The Balaban J connectivity index is 2.22. The number of halogens is 2. The summed E-state index contributed by atoms with van der Waals surface area (Å²) in [7, 11) is 0. The third kappa shape index (κ3) is 2.38. The van der Waals surface area contributed by atoms with Crippen LogP contribution in [0.15, 0.2) is 24.3 Å². The third-order valence-corrected chi connectivity index (χ3v) is 3.90. The minimum Gasteiger partial charge on any atom is -0.382 e. The number of aliphatic hydroxyl groups is 1. The van der Waals surface area contributed by atoms with E-state index < -0.39 is 5.01 Å². The third-order valence-electron chi connectivity index (χ3n) is 3.33. The van der Waals surface area contributed by atoms with Crippen molar-refractivity contribution in [3.05, 3.63) is 34.9 Å². The lowest BCUT2D eigenvalue weighted by Crippen LogP contribution is -2.36. The highest BCUT2D eigenvalue weighted by Gasteiger charge is 2.39. The Morgan fingerprint density at radius 3 is 2.33 bits per heavy atom. The lowest BCUT2D eigenvalue weighted by Gasteiger charge is -2.43. The maximum Gasteiger partial charge on any atom is 0.109 e. The first-order valence-corrected chi connectivity index (χ1v) is 6.50. The van der Waals surface area contributed by atoms with Crippen LogP contribution in [-0.4, -0.2) is 10.1 Å². The Labute approximate surface area is 104 Å². The molecule has 0 heterocycles. The Bertz CT molecular complexity index is 330. The van der Waals surface area contributed by atoms with Crippen LogP contribution >= 0.6 is 27.5 Å². The normalized spacial score (nSPS) is 20.7. The van der Waals surface area contributed by atoms with Crippen molar-refractivity contribution < 1.29 is 5.11 Å². The van der Waals surface area contributed by atoms with Gasteiger partial charge in [-0.05, 0) is 42.4 Å². The maximum atomic E-state index is 9.46. The van der Waals surface area contributed by atoms with Gasteiger partial charge in [-0.3, -0.25) is 0 Å². The van der Waals surface area contributed by atoms with Crippen LogP contribution in [0.1, 0.15) is 31.2 Å². The number of benzene rings is 1. The van der Waals surface area contributed by atoms with Gasteiger partial charge in [0, 0.05) is 5.02 Å². The van der Waals surface area contributed by atoms with Gasteiger partial charge in [0.2, 0.25) is 0 Å². The Kier molecular flexibility index (Phi) is 3.39. The Hall–Kier alpha value is -0.0500. The molecule has 1 nitrogen and oxygen atoms in total. The van der Waals surface area contributed by atoms with E-state index >= 15 is 0 Å². The van der Waals surface area contributed by atoms with Crippen LogP contribution in [0.5, 0.6) is 0 Å². The largest absolute Gasteiger partial charge is 0.382 e. The van der Waals surface area contributed by atoms with Gasteiger partial charge in [-0.15, -0.1) is 0 Å². The van der Waals surface area contributed by atoms with E-state index in [0.29, 0.717) is 0 Å². The summed E-state index contributed by atoms with van der Waals surface area (Å²) in [6.07, 6.45) is 4.37. The second-order valence-electron chi connectivity index (χ2n) is 4.28. The lowest BCUT2D eigenvalue weighted by atomic mass is 9.63. The van der Waals surface area contributed by atoms with Gasteiger partial charge in [0.05, 0.1) is 0 Å². The van der Waals surface area contributed by atoms with E-state index in [1.807, 2.05) is 12.1 Å². The summed E-state index contributed by atoms with van der Waals surface area (Å²) < 4.78 is 0. The molecule has 0 saturated heterocycles. The molecule has 0 bridgehead atoms. The molecule has 1 aromatic rings. The highest BCUT2D eigenvalue weighted by Crippen LogP contribution is 2.47. The Morgan fingerprint density at radius 2 is 1.93 bits per heavy atom. The van der Waals surface area contributed by atoms with Gasteiger partial charge >= 0.3 is 0 Å². The van der Waals surface area contributed by atoms with Crippen molar-refractivity contribution in [1.29, 1.82) is 0 Å². The number of alkyl halides is 1. The second kappa shape index (κ2) is 4.44. The monoisotopic (exact) mass is 288 g/mol. The van der Waals surface area contributed by atoms with E-state index in [2.05, 4.69) is 28.1 Å². The van der Waals surface area contributed by atoms with Crippen molar-refractivity contribution in [2.45, 2.75) is 36.1 Å². The summed E-state index contributed by atoms with van der Waals surface area (Å²) in [6, 6.07) is 8.02. The SMILES string of the molecule is O[C@H](Br)CC1(c2ccc(Cl)cc2)CCC1. The minimum atomic E-state index is -0.409. The van der Waals surface area contributed by atoms with Crippen LogP contribution in [-0.2, 0) is 5.41 Å². The van der Waals surface area contributed by atoms with Crippen molar-refractivity contribution in [2.24, 2.45) is 0 Å². The summed E-state index contributed by atoms with van der Waals surface area (Å²) in [5.74, 6) is 0. The zero-order chi connectivity index (χ0) is 10.9. The van der Waals surface area contributed by atoms with Crippen LogP contribution < -0.4 is 0 Å². The average molecular weight is 290 g/mol. The smallest absolute Gasteiger partial charge is 0.109 e. The molecular weight excluding hydrogens is 275 g/mol. The molecule has 3 heteroatoms. The number of hydrogen-bond donors (Lipinski definition) is 1. The number of aliphatic hydroxyl groups excluding tert-OH is 1. The first-order valence-electron chi connectivity index (χ1n) is 5.21. The topological polar surface area (TPSA) is 20.2 Å². The van der Waals surface area contributed by atoms with Crippen molar-refractivity contribution in [1.82, 2.24) is 0 Å². The van der Waals surface area contributed by atoms with E-state index in [1.165, 1.54) is 12.0 Å². The summed E-state index contributed by atoms with van der Waals surface area (Å²) in [6.45, 7) is 0. The van der Waals surface area contributed by atoms with E-state index in [1.54, 1.807) is 0 Å². The highest BCUT2D eigenvalue weighted by atomic mass is 79.9.